The van der Waals surface area contributed by atoms with Gasteiger partial charge in [-0.05, 0) is 53.1 Å². The maximum Gasteiger partial charge on any atom is 0.405 e. The molecule has 0 aliphatic carbocycles. The number of nitrogens with zero attached hydrogens (tertiary/aromatic N) is 2. The summed E-state index contributed by atoms with van der Waals surface area (Å²) in [5.41, 5.74) is 4.31. The number of rotatable bonds is 5. The molecule has 1 aliphatic rings. The van der Waals surface area contributed by atoms with Crippen LogP contribution in [0.3, 0.4) is 0 Å². The molecule has 2 heterocycles. The molecule has 6 nitrogen and oxygen atoms in total. The van der Waals surface area contributed by atoms with Gasteiger partial charge in [0.25, 0.3) is 11.8 Å². The van der Waals surface area contributed by atoms with Gasteiger partial charge in [-0.15, -0.1) is 11.3 Å². The normalized spacial score (nSPS) is 15.1. The molecule has 0 atom stereocenters. The van der Waals surface area contributed by atoms with Crippen molar-refractivity contribution in [3.8, 4) is 22.3 Å². The summed E-state index contributed by atoms with van der Waals surface area (Å²) in [5.74, 6) is -3.36. The average molecular weight is 526 g/mol. The third kappa shape index (κ3) is 5.43. The van der Waals surface area contributed by atoms with E-state index in [4.69, 9.17) is 5.11 Å². The van der Waals surface area contributed by atoms with Crippen LogP contribution < -0.4 is 5.32 Å². The van der Waals surface area contributed by atoms with Crippen LogP contribution in [0.2, 0.25) is 0 Å². The van der Waals surface area contributed by atoms with Crippen LogP contribution in [-0.2, 0) is 6.54 Å². The molecule has 4 aromatic rings. The van der Waals surface area contributed by atoms with Crippen molar-refractivity contribution in [3.63, 3.8) is 0 Å². The fourth-order valence-corrected chi connectivity index (χ4v) is 5.36. The highest BCUT2D eigenvalue weighted by atomic mass is 32.1. The number of thiazole rings is 1. The quantitative estimate of drug-likeness (QED) is 0.316. The molecule has 2 N–H and O–H groups in total. The predicted octanol–water partition coefficient (Wildman–Crippen LogP) is 6.41. The number of aromatic nitrogens is 1. The minimum atomic E-state index is -2.72. The lowest BCUT2D eigenvalue weighted by molar-refractivity contribution is -0.0494. The molecule has 1 fully saturated rings. The third-order valence-corrected chi connectivity index (χ3v) is 7.43. The van der Waals surface area contributed by atoms with Crippen molar-refractivity contribution in [2.75, 3.05) is 13.1 Å². The second-order valence-electron chi connectivity index (χ2n) is 8.87. The maximum absolute atomic E-state index is 13.6. The van der Waals surface area contributed by atoms with E-state index in [0.717, 1.165) is 27.0 Å². The molecule has 3 aromatic carbocycles. The lowest BCUT2D eigenvalue weighted by Crippen LogP contribution is -2.42. The number of carbonyl (C=O) groups excluding carboxylic acids is 1. The highest BCUT2D eigenvalue weighted by Crippen LogP contribution is 2.37. The molecule has 0 bridgehead atoms. The lowest BCUT2D eigenvalue weighted by Gasteiger charge is -2.31. The summed E-state index contributed by atoms with van der Waals surface area (Å²) >= 11 is 1.36. The third-order valence-electron chi connectivity index (χ3n) is 6.33. The standard InChI is InChI=1S/C27H22F3N3O3S/c28-20-7-5-17(6-8-20)21-13-19(14-22-24(21)37-23(32-22)15-31-26(35)36)16-1-3-18(4-2-16)25(34)33-11-9-27(29,30)10-12-33/h1-8,13-14,31H,9-12,15H2,(H,35,36). The Hall–Kier alpha value is -3.92. The van der Waals surface area contributed by atoms with Crippen molar-refractivity contribution >= 4 is 33.6 Å². The van der Waals surface area contributed by atoms with Gasteiger partial charge in [-0.25, -0.2) is 22.9 Å². The smallest absolute Gasteiger partial charge is 0.405 e. The summed E-state index contributed by atoms with van der Waals surface area (Å²) in [6.45, 7) is 0.106. The van der Waals surface area contributed by atoms with Crippen LogP contribution >= 0.6 is 11.3 Å². The Morgan fingerprint density at radius 1 is 0.973 bits per heavy atom. The summed E-state index contributed by atoms with van der Waals surface area (Å²) in [7, 11) is 0. The number of amides is 2. The Kier molecular flexibility index (Phi) is 6.59. The van der Waals surface area contributed by atoms with E-state index >= 15 is 0 Å². The summed E-state index contributed by atoms with van der Waals surface area (Å²) in [6.07, 6.45) is -1.81. The van der Waals surface area contributed by atoms with Crippen LogP contribution in [0.4, 0.5) is 18.0 Å². The van der Waals surface area contributed by atoms with Gasteiger partial charge in [-0.3, -0.25) is 4.79 Å². The van der Waals surface area contributed by atoms with Crippen molar-refractivity contribution < 1.29 is 27.9 Å². The van der Waals surface area contributed by atoms with Gasteiger partial charge in [0.2, 0.25) is 0 Å². The van der Waals surface area contributed by atoms with Crippen LogP contribution in [0.1, 0.15) is 28.2 Å². The van der Waals surface area contributed by atoms with E-state index in [0.29, 0.717) is 16.1 Å². The Bertz CT molecular complexity index is 1460. The number of piperidine rings is 1. The summed E-state index contributed by atoms with van der Waals surface area (Å²) in [5, 5.41) is 11.8. The number of likely N-dealkylation sites (tertiary alicyclic amines) is 1. The number of halogens is 3. The minimum absolute atomic E-state index is 0.0220. The molecule has 1 saturated heterocycles. The molecule has 190 valence electrons. The first-order valence-electron chi connectivity index (χ1n) is 11.6. The number of hydrogen-bond acceptors (Lipinski definition) is 4. The zero-order valence-corrected chi connectivity index (χ0v) is 20.3. The van der Waals surface area contributed by atoms with Gasteiger partial charge in [0.05, 0.1) is 16.8 Å². The van der Waals surface area contributed by atoms with Gasteiger partial charge < -0.3 is 15.3 Å². The summed E-state index contributed by atoms with van der Waals surface area (Å²) in [6, 6.07) is 16.9. The molecule has 0 unspecified atom stereocenters. The molecular weight excluding hydrogens is 503 g/mol. The van der Waals surface area contributed by atoms with Crippen LogP contribution in [0.15, 0.2) is 60.7 Å². The van der Waals surface area contributed by atoms with Gasteiger partial charge in [-0.2, -0.15) is 0 Å². The van der Waals surface area contributed by atoms with Crippen molar-refractivity contribution in [1.29, 1.82) is 0 Å². The first-order valence-corrected chi connectivity index (χ1v) is 12.4. The number of hydrogen-bond donors (Lipinski definition) is 2. The zero-order valence-electron chi connectivity index (χ0n) is 19.5. The monoisotopic (exact) mass is 525 g/mol. The molecular formula is C27H22F3N3O3S. The van der Waals surface area contributed by atoms with E-state index in [1.807, 2.05) is 12.1 Å². The molecule has 2 amide bonds. The van der Waals surface area contributed by atoms with Crippen molar-refractivity contribution in [2.45, 2.75) is 25.3 Å². The highest BCUT2D eigenvalue weighted by Gasteiger charge is 2.35. The Balaban J connectivity index is 1.48. The Morgan fingerprint density at radius 3 is 2.27 bits per heavy atom. The number of benzene rings is 3. The van der Waals surface area contributed by atoms with E-state index < -0.39 is 12.0 Å². The highest BCUT2D eigenvalue weighted by molar-refractivity contribution is 7.19. The maximum atomic E-state index is 13.6. The topological polar surface area (TPSA) is 82.5 Å². The van der Waals surface area contributed by atoms with Crippen LogP contribution in [0.5, 0.6) is 0 Å². The second-order valence-corrected chi connectivity index (χ2v) is 9.95. The second kappa shape index (κ2) is 9.85. The van der Waals surface area contributed by atoms with Gasteiger partial charge in [-0.1, -0.05) is 24.3 Å². The number of nitrogens with one attached hydrogen (secondary N) is 1. The first-order chi connectivity index (χ1) is 17.7. The molecule has 0 spiro atoms. The fraction of sp³-hybridized carbons (Fsp3) is 0.222. The SMILES string of the molecule is O=C(O)NCc1nc2cc(-c3ccc(C(=O)N4CCC(F)(F)CC4)cc3)cc(-c3ccc(F)cc3)c2s1. The number of alkyl halides is 2. The van der Waals surface area contributed by atoms with Crippen LogP contribution in [0, 0.1) is 5.82 Å². The average Bonchev–Trinajstić information content (AvgIpc) is 3.30. The van der Waals surface area contributed by atoms with Gasteiger partial charge in [0.15, 0.2) is 0 Å². The molecule has 1 aliphatic heterocycles. The summed E-state index contributed by atoms with van der Waals surface area (Å²) in [4.78, 5) is 29.8. The predicted molar refractivity (Wildman–Crippen MR) is 135 cm³/mol. The lowest BCUT2D eigenvalue weighted by atomic mass is 9.97. The molecule has 0 radical (unpaired) electrons. The summed E-state index contributed by atoms with van der Waals surface area (Å²) < 4.78 is 41.3. The van der Waals surface area contributed by atoms with E-state index in [1.54, 1.807) is 36.4 Å². The number of carbonyl (C=O) groups is 2. The molecule has 5 rings (SSSR count). The molecule has 0 saturated carbocycles. The Labute approximate surface area is 214 Å². The van der Waals surface area contributed by atoms with Crippen molar-refractivity contribution in [2.24, 2.45) is 0 Å². The van der Waals surface area contributed by atoms with E-state index in [9.17, 15) is 22.8 Å². The van der Waals surface area contributed by atoms with Crippen molar-refractivity contribution in [3.05, 3.63) is 77.1 Å². The van der Waals surface area contributed by atoms with Crippen LogP contribution in [0.25, 0.3) is 32.5 Å². The van der Waals surface area contributed by atoms with Gasteiger partial charge >= 0.3 is 6.09 Å². The number of carboxylic acid groups (broad SMARTS) is 1. The number of fused-ring (bicyclic) bond motifs is 1. The first kappa shape index (κ1) is 24.8. The zero-order chi connectivity index (χ0) is 26.2. The Morgan fingerprint density at radius 2 is 1.62 bits per heavy atom. The van der Waals surface area contributed by atoms with E-state index in [1.165, 1.54) is 28.4 Å². The van der Waals surface area contributed by atoms with E-state index in [-0.39, 0.29) is 44.2 Å². The van der Waals surface area contributed by atoms with Crippen molar-refractivity contribution in [1.82, 2.24) is 15.2 Å². The van der Waals surface area contributed by atoms with Gasteiger partial charge in [0.1, 0.15) is 10.8 Å². The molecule has 37 heavy (non-hydrogen) atoms. The fourth-order valence-electron chi connectivity index (χ4n) is 4.34. The van der Waals surface area contributed by atoms with Crippen LogP contribution in [-0.4, -0.2) is 46.0 Å². The molecule has 10 heteroatoms. The minimum Gasteiger partial charge on any atom is -0.465 e. The molecule has 1 aromatic heterocycles. The van der Waals surface area contributed by atoms with E-state index in [2.05, 4.69) is 10.3 Å². The largest absolute Gasteiger partial charge is 0.465 e. The van der Waals surface area contributed by atoms with Gasteiger partial charge in [0, 0.05) is 37.1 Å².